The molecule has 0 atom stereocenters. The molecule has 0 N–H and O–H groups in total. The zero-order valence-electron chi connectivity index (χ0n) is 7.40. The third-order valence-corrected chi connectivity index (χ3v) is 1.53. The average Bonchev–Trinajstić information content (AvgIpc) is 2.19. The maximum atomic E-state index is 8.31. The Labute approximate surface area is 76.3 Å². The highest BCUT2D eigenvalue weighted by atomic mass is 16.5. The van der Waals surface area contributed by atoms with E-state index in [2.05, 4.69) is 4.74 Å². The van der Waals surface area contributed by atoms with Crippen molar-refractivity contribution in [2.75, 3.05) is 14.2 Å². The van der Waals surface area contributed by atoms with E-state index in [1.54, 1.807) is 31.6 Å². The first-order chi connectivity index (χ1) is 6.31. The minimum atomic E-state index is 0.380. The van der Waals surface area contributed by atoms with E-state index in [-0.39, 0.29) is 0 Å². The van der Waals surface area contributed by atoms with Gasteiger partial charge in [-0.25, -0.2) is 0 Å². The van der Waals surface area contributed by atoms with Gasteiger partial charge in [-0.3, -0.25) is 0 Å². The van der Waals surface area contributed by atoms with Crippen molar-refractivity contribution in [1.29, 1.82) is 5.26 Å². The smallest absolute Gasteiger partial charge is 0.292 e. The standard InChI is InChI=1S/C9H9NO3/c1-11-7-3-4-8(13-6-10)9(5-7)12-2/h3-5H,1-2H3. The third-order valence-electron chi connectivity index (χ3n) is 1.53. The summed E-state index contributed by atoms with van der Waals surface area (Å²) in [6.45, 7) is 0. The van der Waals surface area contributed by atoms with Crippen LogP contribution in [0.2, 0.25) is 0 Å². The molecule has 0 aliphatic carbocycles. The highest BCUT2D eigenvalue weighted by molar-refractivity contribution is 5.45. The zero-order chi connectivity index (χ0) is 9.68. The number of hydrogen-bond acceptors (Lipinski definition) is 4. The Bertz CT molecular complexity index is 330. The lowest BCUT2D eigenvalue weighted by molar-refractivity contribution is 0.373. The van der Waals surface area contributed by atoms with Crippen LogP contribution in [0.3, 0.4) is 0 Å². The van der Waals surface area contributed by atoms with Crippen LogP contribution >= 0.6 is 0 Å². The van der Waals surface area contributed by atoms with Gasteiger partial charge in [-0.2, -0.15) is 0 Å². The summed E-state index contributed by atoms with van der Waals surface area (Å²) in [4.78, 5) is 0. The van der Waals surface area contributed by atoms with E-state index in [0.29, 0.717) is 17.2 Å². The van der Waals surface area contributed by atoms with Crippen molar-refractivity contribution in [3.05, 3.63) is 18.2 Å². The van der Waals surface area contributed by atoms with Gasteiger partial charge in [0.1, 0.15) is 5.75 Å². The van der Waals surface area contributed by atoms with E-state index in [1.807, 2.05) is 0 Å². The molecule has 0 saturated heterocycles. The van der Waals surface area contributed by atoms with Crippen LogP contribution in [0.25, 0.3) is 0 Å². The Morgan fingerprint density at radius 2 is 1.92 bits per heavy atom. The molecule has 0 aromatic heterocycles. The molecule has 0 spiro atoms. The van der Waals surface area contributed by atoms with Crippen LogP contribution in [0.4, 0.5) is 0 Å². The predicted molar refractivity (Wildman–Crippen MR) is 45.8 cm³/mol. The Kier molecular flexibility index (Phi) is 2.98. The summed E-state index contributed by atoms with van der Waals surface area (Å²) in [6.07, 6.45) is 1.58. The second-order valence-corrected chi connectivity index (χ2v) is 2.21. The van der Waals surface area contributed by atoms with Crippen molar-refractivity contribution in [2.45, 2.75) is 0 Å². The zero-order valence-corrected chi connectivity index (χ0v) is 7.40. The van der Waals surface area contributed by atoms with Gasteiger partial charge in [-0.1, -0.05) is 0 Å². The first kappa shape index (κ1) is 9.20. The van der Waals surface area contributed by atoms with Gasteiger partial charge >= 0.3 is 0 Å². The molecule has 4 nitrogen and oxygen atoms in total. The fourth-order valence-corrected chi connectivity index (χ4v) is 0.908. The number of methoxy groups -OCH3 is 2. The van der Waals surface area contributed by atoms with E-state index >= 15 is 0 Å². The quantitative estimate of drug-likeness (QED) is 0.661. The summed E-state index contributed by atoms with van der Waals surface area (Å²) in [6, 6.07) is 4.95. The molecular formula is C9H9NO3. The molecule has 68 valence electrons. The van der Waals surface area contributed by atoms with Crippen LogP contribution in [0.15, 0.2) is 18.2 Å². The van der Waals surface area contributed by atoms with Crippen molar-refractivity contribution in [3.8, 4) is 23.5 Å². The molecular weight excluding hydrogens is 170 g/mol. The van der Waals surface area contributed by atoms with Crippen LogP contribution in [0.5, 0.6) is 17.2 Å². The SMILES string of the molecule is COc1ccc(OC#N)c(OC)c1. The number of nitrogens with zero attached hydrogens (tertiary/aromatic N) is 1. The van der Waals surface area contributed by atoms with E-state index in [9.17, 15) is 0 Å². The second kappa shape index (κ2) is 4.21. The van der Waals surface area contributed by atoms with Gasteiger partial charge in [0.2, 0.25) is 0 Å². The van der Waals surface area contributed by atoms with Crippen LogP contribution in [-0.2, 0) is 0 Å². The largest absolute Gasteiger partial charge is 0.497 e. The van der Waals surface area contributed by atoms with Gasteiger partial charge in [-0.15, -0.1) is 5.26 Å². The molecule has 0 heterocycles. The lowest BCUT2D eigenvalue weighted by Crippen LogP contribution is -1.91. The highest BCUT2D eigenvalue weighted by Gasteiger charge is 2.05. The minimum Gasteiger partial charge on any atom is -0.497 e. The first-order valence-electron chi connectivity index (χ1n) is 3.59. The lowest BCUT2D eigenvalue weighted by Gasteiger charge is -2.06. The second-order valence-electron chi connectivity index (χ2n) is 2.21. The number of hydrogen-bond donors (Lipinski definition) is 0. The molecule has 4 heteroatoms. The molecule has 0 unspecified atom stereocenters. The number of nitriles is 1. The van der Waals surface area contributed by atoms with Gasteiger partial charge in [0, 0.05) is 6.07 Å². The van der Waals surface area contributed by atoms with Crippen LogP contribution in [-0.4, -0.2) is 14.2 Å². The molecule has 1 rings (SSSR count). The van der Waals surface area contributed by atoms with Crippen molar-refractivity contribution >= 4 is 0 Å². The Morgan fingerprint density at radius 3 is 2.46 bits per heavy atom. The fraction of sp³-hybridized carbons (Fsp3) is 0.222. The van der Waals surface area contributed by atoms with E-state index in [0.717, 1.165) is 0 Å². The highest BCUT2D eigenvalue weighted by Crippen LogP contribution is 2.30. The monoisotopic (exact) mass is 179 g/mol. The molecule has 1 aromatic carbocycles. The van der Waals surface area contributed by atoms with Crippen LogP contribution in [0.1, 0.15) is 0 Å². The molecule has 0 aliphatic heterocycles. The fourth-order valence-electron chi connectivity index (χ4n) is 0.908. The van der Waals surface area contributed by atoms with Crippen molar-refractivity contribution in [2.24, 2.45) is 0 Å². The summed E-state index contributed by atoms with van der Waals surface area (Å²) in [7, 11) is 3.05. The van der Waals surface area contributed by atoms with E-state index in [1.165, 1.54) is 7.11 Å². The van der Waals surface area contributed by atoms with Gasteiger partial charge in [0.15, 0.2) is 11.5 Å². The first-order valence-corrected chi connectivity index (χ1v) is 3.59. The van der Waals surface area contributed by atoms with Crippen LogP contribution < -0.4 is 14.2 Å². The maximum absolute atomic E-state index is 8.31. The normalized spacial score (nSPS) is 8.69. The lowest BCUT2D eigenvalue weighted by atomic mass is 10.3. The summed E-state index contributed by atoms with van der Waals surface area (Å²) in [5.74, 6) is 1.51. The summed E-state index contributed by atoms with van der Waals surface area (Å²) < 4.78 is 14.6. The van der Waals surface area contributed by atoms with Gasteiger partial charge < -0.3 is 14.2 Å². The molecule has 0 radical (unpaired) electrons. The Hall–Kier alpha value is -1.89. The Balaban J connectivity index is 3.02. The molecule has 0 bridgehead atoms. The van der Waals surface area contributed by atoms with Crippen molar-refractivity contribution < 1.29 is 14.2 Å². The van der Waals surface area contributed by atoms with Gasteiger partial charge in [-0.05, 0) is 12.1 Å². The average molecular weight is 179 g/mol. The summed E-state index contributed by atoms with van der Waals surface area (Å²) >= 11 is 0. The summed E-state index contributed by atoms with van der Waals surface area (Å²) in [5, 5.41) is 8.31. The maximum Gasteiger partial charge on any atom is 0.292 e. The van der Waals surface area contributed by atoms with Crippen molar-refractivity contribution in [1.82, 2.24) is 0 Å². The topological polar surface area (TPSA) is 51.5 Å². The van der Waals surface area contributed by atoms with Gasteiger partial charge in [0.25, 0.3) is 6.26 Å². The molecule has 0 amide bonds. The molecule has 13 heavy (non-hydrogen) atoms. The third kappa shape index (κ3) is 2.03. The van der Waals surface area contributed by atoms with E-state index in [4.69, 9.17) is 14.7 Å². The van der Waals surface area contributed by atoms with Crippen LogP contribution in [0, 0.1) is 11.5 Å². The molecule has 0 fully saturated rings. The molecule has 0 saturated carbocycles. The Morgan fingerprint density at radius 1 is 1.15 bits per heavy atom. The predicted octanol–water partition coefficient (Wildman–Crippen LogP) is 1.56. The van der Waals surface area contributed by atoms with E-state index < -0.39 is 0 Å². The molecule has 0 aliphatic rings. The van der Waals surface area contributed by atoms with Crippen molar-refractivity contribution in [3.63, 3.8) is 0 Å². The number of ether oxygens (including phenoxy) is 3. The molecule has 1 aromatic rings. The number of rotatable bonds is 3. The van der Waals surface area contributed by atoms with Gasteiger partial charge in [0.05, 0.1) is 14.2 Å². The number of benzene rings is 1. The summed E-state index contributed by atoms with van der Waals surface area (Å²) in [5.41, 5.74) is 0. The minimum absolute atomic E-state index is 0.380.